The Balaban J connectivity index is 1.65. The second kappa shape index (κ2) is 11.7. The summed E-state index contributed by atoms with van der Waals surface area (Å²) in [6.45, 7) is 1.51. The number of benzene rings is 3. The van der Waals surface area contributed by atoms with Crippen molar-refractivity contribution >= 4 is 50.3 Å². The van der Waals surface area contributed by atoms with Crippen molar-refractivity contribution in [2.24, 2.45) is 5.10 Å². The van der Waals surface area contributed by atoms with Crippen molar-refractivity contribution in [3.8, 4) is 5.75 Å². The summed E-state index contributed by atoms with van der Waals surface area (Å²) < 4.78 is 20.5. The first-order valence-electron chi connectivity index (χ1n) is 11.5. The number of non-ortho nitro benzene ring substituents is 1. The van der Waals surface area contributed by atoms with Gasteiger partial charge in [-0.25, -0.2) is 9.37 Å². The Morgan fingerprint density at radius 3 is 2.68 bits per heavy atom. The highest BCUT2D eigenvalue weighted by Crippen LogP contribution is 2.23. The molecule has 1 aromatic heterocycles. The highest BCUT2D eigenvalue weighted by molar-refractivity contribution is 9.10. The molecule has 38 heavy (non-hydrogen) atoms. The summed E-state index contributed by atoms with van der Waals surface area (Å²) in [7, 11) is 0. The molecule has 1 heterocycles. The first-order valence-corrected chi connectivity index (χ1v) is 12.3. The zero-order chi connectivity index (χ0) is 27.2. The second-order valence-corrected chi connectivity index (χ2v) is 9.04. The van der Waals surface area contributed by atoms with Gasteiger partial charge in [-0.15, -0.1) is 0 Å². The number of nitro benzene ring substituents is 1. The predicted octanol–water partition coefficient (Wildman–Crippen LogP) is 5.06. The molecular formula is C26H21BrFN5O5. The standard InChI is InChI=1S/C26H21BrFN5O5/c1-2-3-24-31-22-10-4-17(27)13-21(22)26(35)32(24)29-14-16-12-20(33(36)37)9-11-23(16)38-15-25(34)30-19-7-5-18(28)6-8-19/h4-14H,2-3,15H2,1H3,(H,30,34). The number of fused-ring (bicyclic) bond motifs is 1. The molecule has 0 fully saturated rings. The van der Waals surface area contributed by atoms with Crippen LogP contribution in [-0.2, 0) is 11.2 Å². The highest BCUT2D eigenvalue weighted by atomic mass is 79.9. The average molecular weight is 582 g/mol. The fourth-order valence-corrected chi connectivity index (χ4v) is 3.94. The molecular weight excluding hydrogens is 561 g/mol. The fourth-order valence-electron chi connectivity index (χ4n) is 3.57. The zero-order valence-corrected chi connectivity index (χ0v) is 21.6. The Morgan fingerprint density at radius 2 is 1.97 bits per heavy atom. The van der Waals surface area contributed by atoms with Crippen LogP contribution in [0, 0.1) is 15.9 Å². The molecule has 1 N–H and O–H groups in total. The number of carbonyl (C=O) groups excluding carboxylic acids is 1. The van der Waals surface area contributed by atoms with E-state index in [1.54, 1.807) is 18.2 Å². The molecule has 0 atom stereocenters. The van der Waals surface area contributed by atoms with E-state index in [4.69, 9.17) is 4.74 Å². The number of rotatable bonds is 9. The van der Waals surface area contributed by atoms with Gasteiger partial charge in [0.25, 0.3) is 17.2 Å². The van der Waals surface area contributed by atoms with Gasteiger partial charge in [0.15, 0.2) is 6.61 Å². The van der Waals surface area contributed by atoms with Crippen molar-refractivity contribution in [2.45, 2.75) is 19.8 Å². The predicted molar refractivity (Wildman–Crippen MR) is 144 cm³/mol. The number of anilines is 1. The van der Waals surface area contributed by atoms with Gasteiger partial charge < -0.3 is 10.1 Å². The lowest BCUT2D eigenvalue weighted by Gasteiger charge is -2.11. The topological polar surface area (TPSA) is 129 Å². The van der Waals surface area contributed by atoms with E-state index in [1.165, 1.54) is 48.7 Å². The summed E-state index contributed by atoms with van der Waals surface area (Å²) in [6.07, 6.45) is 2.44. The number of nitrogens with zero attached hydrogens (tertiary/aromatic N) is 4. The molecule has 10 nitrogen and oxygen atoms in total. The zero-order valence-electron chi connectivity index (χ0n) is 20.1. The van der Waals surface area contributed by atoms with Crippen LogP contribution < -0.4 is 15.6 Å². The largest absolute Gasteiger partial charge is 0.483 e. The van der Waals surface area contributed by atoms with Crippen molar-refractivity contribution in [2.75, 3.05) is 11.9 Å². The van der Waals surface area contributed by atoms with E-state index in [2.05, 4.69) is 31.3 Å². The Bertz CT molecular complexity index is 1600. The lowest BCUT2D eigenvalue weighted by atomic mass is 10.2. The van der Waals surface area contributed by atoms with E-state index in [-0.39, 0.29) is 17.0 Å². The van der Waals surface area contributed by atoms with Crippen molar-refractivity contribution in [1.82, 2.24) is 9.66 Å². The summed E-state index contributed by atoms with van der Waals surface area (Å²) in [6, 6.07) is 14.2. The molecule has 12 heteroatoms. The number of hydrogen-bond donors (Lipinski definition) is 1. The number of carbonyl (C=O) groups is 1. The van der Waals surface area contributed by atoms with Crippen LogP contribution in [0.4, 0.5) is 15.8 Å². The van der Waals surface area contributed by atoms with Crippen molar-refractivity contribution in [3.05, 3.63) is 103 Å². The summed E-state index contributed by atoms with van der Waals surface area (Å²) in [5.41, 5.74) is 0.458. The number of hydrogen-bond acceptors (Lipinski definition) is 7. The minimum atomic E-state index is -0.577. The van der Waals surface area contributed by atoms with Gasteiger partial charge in [-0.1, -0.05) is 22.9 Å². The first kappa shape index (κ1) is 26.6. The molecule has 0 aliphatic heterocycles. The van der Waals surface area contributed by atoms with Crippen LogP contribution in [-0.4, -0.2) is 33.3 Å². The Labute approximate surface area is 224 Å². The van der Waals surface area contributed by atoms with Crippen molar-refractivity contribution in [1.29, 1.82) is 0 Å². The number of nitro groups is 1. The maximum atomic E-state index is 13.2. The van der Waals surface area contributed by atoms with E-state index < -0.39 is 28.8 Å². The normalized spacial score (nSPS) is 11.1. The van der Waals surface area contributed by atoms with Crippen LogP contribution in [0.25, 0.3) is 10.9 Å². The summed E-state index contributed by atoms with van der Waals surface area (Å²) in [4.78, 5) is 40.9. The summed E-state index contributed by atoms with van der Waals surface area (Å²) in [5.74, 6) is -0.404. The molecule has 4 aromatic rings. The molecule has 0 aliphatic rings. The first-order chi connectivity index (χ1) is 18.2. The van der Waals surface area contributed by atoms with Crippen LogP contribution in [0.3, 0.4) is 0 Å². The van der Waals surface area contributed by atoms with Gasteiger partial charge in [-0.05, 0) is 55.0 Å². The Hall–Kier alpha value is -4.45. The highest BCUT2D eigenvalue weighted by Gasteiger charge is 2.14. The third-order valence-corrected chi connectivity index (χ3v) is 5.85. The van der Waals surface area contributed by atoms with Gasteiger partial charge in [0, 0.05) is 34.3 Å². The molecule has 3 aromatic carbocycles. The van der Waals surface area contributed by atoms with Crippen LogP contribution in [0.1, 0.15) is 24.7 Å². The van der Waals surface area contributed by atoms with E-state index in [0.717, 1.165) is 4.68 Å². The average Bonchev–Trinajstić information content (AvgIpc) is 2.89. The molecule has 0 radical (unpaired) electrons. The van der Waals surface area contributed by atoms with E-state index in [0.29, 0.717) is 39.7 Å². The molecule has 4 rings (SSSR count). The quantitative estimate of drug-likeness (QED) is 0.167. The van der Waals surface area contributed by atoms with E-state index in [1.807, 2.05) is 6.92 Å². The Morgan fingerprint density at radius 1 is 1.21 bits per heavy atom. The van der Waals surface area contributed by atoms with Crippen LogP contribution in [0.5, 0.6) is 5.75 Å². The smallest absolute Gasteiger partial charge is 0.282 e. The Kier molecular flexibility index (Phi) is 8.22. The van der Waals surface area contributed by atoms with Crippen LogP contribution in [0.15, 0.2) is 75.0 Å². The monoisotopic (exact) mass is 581 g/mol. The van der Waals surface area contributed by atoms with Gasteiger partial charge in [-0.2, -0.15) is 9.78 Å². The molecule has 0 aliphatic carbocycles. The maximum Gasteiger partial charge on any atom is 0.282 e. The van der Waals surface area contributed by atoms with Gasteiger partial charge in [0.05, 0.1) is 22.0 Å². The van der Waals surface area contributed by atoms with E-state index >= 15 is 0 Å². The number of ether oxygens (including phenoxy) is 1. The summed E-state index contributed by atoms with van der Waals surface area (Å²) in [5, 5.41) is 18.6. The van der Waals surface area contributed by atoms with Crippen molar-refractivity contribution < 1.29 is 18.8 Å². The lowest BCUT2D eigenvalue weighted by Crippen LogP contribution is -2.22. The number of amides is 1. The maximum absolute atomic E-state index is 13.2. The van der Waals surface area contributed by atoms with Gasteiger partial charge in [-0.3, -0.25) is 19.7 Å². The fraction of sp³-hybridized carbons (Fsp3) is 0.154. The van der Waals surface area contributed by atoms with Crippen LogP contribution >= 0.6 is 15.9 Å². The number of halogens is 2. The molecule has 0 saturated heterocycles. The second-order valence-electron chi connectivity index (χ2n) is 8.12. The third kappa shape index (κ3) is 6.27. The van der Waals surface area contributed by atoms with Gasteiger partial charge in [0.1, 0.15) is 17.4 Å². The van der Waals surface area contributed by atoms with E-state index in [9.17, 15) is 24.1 Å². The minimum Gasteiger partial charge on any atom is -0.483 e. The third-order valence-electron chi connectivity index (χ3n) is 5.35. The molecule has 0 saturated carbocycles. The van der Waals surface area contributed by atoms with Crippen LogP contribution in [0.2, 0.25) is 0 Å². The minimum absolute atomic E-state index is 0.134. The molecule has 0 spiro atoms. The summed E-state index contributed by atoms with van der Waals surface area (Å²) >= 11 is 3.36. The van der Waals surface area contributed by atoms with Gasteiger partial charge >= 0.3 is 0 Å². The SMILES string of the molecule is CCCc1nc2ccc(Br)cc2c(=O)n1N=Cc1cc([N+](=O)[O-])ccc1OCC(=O)Nc1ccc(F)cc1. The molecule has 194 valence electrons. The number of aryl methyl sites for hydroxylation is 1. The van der Waals surface area contributed by atoms with Gasteiger partial charge in [0.2, 0.25) is 0 Å². The van der Waals surface area contributed by atoms with Crippen molar-refractivity contribution in [3.63, 3.8) is 0 Å². The number of nitrogens with one attached hydrogen (secondary N) is 1. The molecule has 0 unspecified atom stereocenters. The number of aromatic nitrogens is 2. The molecule has 0 bridgehead atoms. The lowest BCUT2D eigenvalue weighted by molar-refractivity contribution is -0.384. The molecule has 1 amide bonds.